The molecule has 0 saturated heterocycles. The van der Waals surface area contributed by atoms with Crippen LogP contribution in [0.15, 0.2) is 36.4 Å². The molecular formula is C18H14O6Si. The highest BCUT2D eigenvalue weighted by molar-refractivity contribution is 7.00. The van der Waals surface area contributed by atoms with E-state index in [2.05, 4.69) is 17.8 Å². The lowest BCUT2D eigenvalue weighted by atomic mass is 10.1. The summed E-state index contributed by atoms with van der Waals surface area (Å²) in [5.41, 5.74) is 1.38. The topological polar surface area (TPSA) is 89.9 Å². The quantitative estimate of drug-likeness (QED) is 0.491. The Balaban J connectivity index is 1.80. The second-order valence-corrected chi connectivity index (χ2v) is 11.0. The molecule has 2 aromatic rings. The lowest BCUT2D eigenvalue weighted by Gasteiger charge is -2.24. The van der Waals surface area contributed by atoms with Gasteiger partial charge in [-0.05, 0) is 18.2 Å². The number of cyclic esters (lactones) is 3. The van der Waals surface area contributed by atoms with E-state index >= 15 is 0 Å². The molecule has 0 saturated carbocycles. The molecular weight excluding hydrogens is 340 g/mol. The maximum absolute atomic E-state index is 11.9. The molecule has 2 aromatic carbocycles. The number of hydrogen-bond donors (Lipinski definition) is 1. The standard InChI is InChI=1S/C18H14O6Si/c1-25(2,9-3-5-11-13(7-9)17(21)23-15(11)19)10-4-6-12-14(8-10)18(22)24-16(12)20/h3-8,15,19H,1-2H3. The second-order valence-electron chi connectivity index (χ2n) is 6.62. The van der Waals surface area contributed by atoms with Crippen LogP contribution in [-0.4, -0.2) is 31.1 Å². The molecule has 2 aliphatic rings. The van der Waals surface area contributed by atoms with Gasteiger partial charge in [-0.2, -0.15) is 0 Å². The fraction of sp³-hybridized carbons (Fsp3) is 0.167. The third-order valence-electron chi connectivity index (χ3n) is 4.85. The maximum atomic E-state index is 11.9. The van der Waals surface area contributed by atoms with E-state index in [0.29, 0.717) is 11.1 Å². The summed E-state index contributed by atoms with van der Waals surface area (Å²) in [6.07, 6.45) is -1.22. The van der Waals surface area contributed by atoms with Gasteiger partial charge in [-0.15, -0.1) is 0 Å². The Morgan fingerprint density at radius 2 is 1.44 bits per heavy atom. The SMILES string of the molecule is C[Si](C)(c1ccc2c(c1)C(=O)OC2=O)c1ccc2c(c1)C(=O)OC2O. The molecule has 2 aliphatic heterocycles. The van der Waals surface area contributed by atoms with Crippen LogP contribution in [0.25, 0.3) is 0 Å². The summed E-state index contributed by atoms with van der Waals surface area (Å²) in [5, 5.41) is 11.6. The Labute approximate surface area is 144 Å². The van der Waals surface area contributed by atoms with Gasteiger partial charge in [0.2, 0.25) is 6.29 Å². The van der Waals surface area contributed by atoms with E-state index in [-0.39, 0.29) is 11.1 Å². The zero-order valence-corrected chi connectivity index (χ0v) is 14.5. The van der Waals surface area contributed by atoms with Gasteiger partial charge in [0.25, 0.3) is 0 Å². The second kappa shape index (κ2) is 5.11. The molecule has 0 aromatic heterocycles. The minimum atomic E-state index is -2.25. The number of ether oxygens (including phenoxy) is 2. The van der Waals surface area contributed by atoms with Crippen LogP contribution < -0.4 is 10.4 Å². The summed E-state index contributed by atoms with van der Waals surface area (Å²) >= 11 is 0. The summed E-state index contributed by atoms with van der Waals surface area (Å²) < 4.78 is 9.46. The van der Waals surface area contributed by atoms with Gasteiger partial charge in [-0.3, -0.25) is 0 Å². The molecule has 126 valence electrons. The van der Waals surface area contributed by atoms with Crippen LogP contribution in [0, 0.1) is 0 Å². The Morgan fingerprint density at radius 3 is 2.16 bits per heavy atom. The Kier molecular flexibility index (Phi) is 3.22. The zero-order chi connectivity index (χ0) is 17.9. The molecule has 0 aliphatic carbocycles. The van der Waals surface area contributed by atoms with Crippen LogP contribution in [0.4, 0.5) is 0 Å². The van der Waals surface area contributed by atoms with Gasteiger partial charge in [0.15, 0.2) is 0 Å². The number of esters is 3. The van der Waals surface area contributed by atoms with Crippen LogP contribution in [0.3, 0.4) is 0 Å². The van der Waals surface area contributed by atoms with Crippen molar-refractivity contribution in [2.75, 3.05) is 0 Å². The highest BCUT2D eigenvalue weighted by Gasteiger charge is 2.36. The van der Waals surface area contributed by atoms with Crippen molar-refractivity contribution in [3.05, 3.63) is 58.7 Å². The monoisotopic (exact) mass is 354 g/mol. The van der Waals surface area contributed by atoms with Crippen LogP contribution in [0.1, 0.15) is 42.9 Å². The van der Waals surface area contributed by atoms with Gasteiger partial charge in [0.05, 0.1) is 16.7 Å². The molecule has 0 amide bonds. The molecule has 0 fully saturated rings. The fourth-order valence-electron chi connectivity index (χ4n) is 3.21. The third kappa shape index (κ3) is 2.24. The lowest BCUT2D eigenvalue weighted by molar-refractivity contribution is -0.0547. The summed E-state index contributed by atoms with van der Waals surface area (Å²) in [7, 11) is -2.25. The molecule has 4 rings (SSSR count). The van der Waals surface area contributed by atoms with Gasteiger partial charge < -0.3 is 14.6 Å². The average Bonchev–Trinajstić information content (AvgIpc) is 3.03. The first-order valence-electron chi connectivity index (χ1n) is 7.73. The van der Waals surface area contributed by atoms with Gasteiger partial charge in [-0.25, -0.2) is 14.4 Å². The number of aliphatic hydroxyl groups excluding tert-OH is 1. The number of rotatable bonds is 2. The highest BCUT2D eigenvalue weighted by Crippen LogP contribution is 2.28. The van der Waals surface area contributed by atoms with Crippen molar-refractivity contribution in [1.29, 1.82) is 0 Å². The van der Waals surface area contributed by atoms with Crippen molar-refractivity contribution in [3.63, 3.8) is 0 Å². The predicted octanol–water partition coefficient (Wildman–Crippen LogP) is 0.981. The highest BCUT2D eigenvalue weighted by atomic mass is 28.3. The number of benzene rings is 2. The molecule has 0 radical (unpaired) electrons. The Bertz CT molecular complexity index is 962. The van der Waals surface area contributed by atoms with Crippen LogP contribution in [-0.2, 0) is 9.47 Å². The smallest absolute Gasteiger partial charge is 0.346 e. The number of carbonyl (C=O) groups is 3. The molecule has 0 bridgehead atoms. The first kappa shape index (κ1) is 15.7. The van der Waals surface area contributed by atoms with Crippen molar-refractivity contribution < 1.29 is 29.0 Å². The van der Waals surface area contributed by atoms with E-state index < -0.39 is 32.3 Å². The van der Waals surface area contributed by atoms with E-state index in [9.17, 15) is 19.5 Å². The number of hydrogen-bond acceptors (Lipinski definition) is 6. The van der Waals surface area contributed by atoms with Gasteiger partial charge in [0, 0.05) is 5.56 Å². The van der Waals surface area contributed by atoms with E-state index in [4.69, 9.17) is 4.74 Å². The Hall–Kier alpha value is -2.77. The Morgan fingerprint density at radius 1 is 0.840 bits per heavy atom. The van der Waals surface area contributed by atoms with E-state index in [0.717, 1.165) is 10.4 Å². The normalized spacial score (nSPS) is 18.7. The molecule has 6 nitrogen and oxygen atoms in total. The third-order valence-corrected chi connectivity index (χ3v) is 8.35. The van der Waals surface area contributed by atoms with Crippen molar-refractivity contribution in [3.8, 4) is 0 Å². The van der Waals surface area contributed by atoms with Crippen molar-refractivity contribution in [2.45, 2.75) is 19.4 Å². The molecule has 0 spiro atoms. The van der Waals surface area contributed by atoms with Crippen molar-refractivity contribution >= 4 is 36.4 Å². The predicted molar refractivity (Wildman–Crippen MR) is 89.8 cm³/mol. The first-order valence-corrected chi connectivity index (χ1v) is 10.7. The molecule has 2 heterocycles. The van der Waals surface area contributed by atoms with Gasteiger partial charge >= 0.3 is 17.9 Å². The average molecular weight is 354 g/mol. The minimum Gasteiger partial charge on any atom is -0.428 e. The van der Waals surface area contributed by atoms with Crippen LogP contribution >= 0.6 is 0 Å². The largest absolute Gasteiger partial charge is 0.428 e. The van der Waals surface area contributed by atoms with Crippen molar-refractivity contribution in [2.24, 2.45) is 0 Å². The van der Waals surface area contributed by atoms with Gasteiger partial charge in [-0.1, -0.05) is 41.7 Å². The number of aliphatic hydroxyl groups is 1. The summed E-state index contributed by atoms with van der Waals surface area (Å²) in [6, 6.07) is 10.4. The summed E-state index contributed by atoms with van der Waals surface area (Å²) in [6.45, 7) is 4.16. The minimum absolute atomic E-state index is 0.277. The van der Waals surface area contributed by atoms with E-state index in [1.54, 1.807) is 24.3 Å². The summed E-state index contributed by atoms with van der Waals surface area (Å²) in [5.74, 6) is -1.80. The fourth-order valence-corrected chi connectivity index (χ4v) is 5.55. The number of fused-ring (bicyclic) bond motifs is 2. The molecule has 1 atom stereocenters. The zero-order valence-electron chi connectivity index (χ0n) is 13.5. The van der Waals surface area contributed by atoms with Crippen LogP contribution in [0.2, 0.25) is 13.1 Å². The first-order chi connectivity index (χ1) is 11.8. The molecule has 7 heteroatoms. The van der Waals surface area contributed by atoms with Crippen LogP contribution in [0.5, 0.6) is 0 Å². The van der Waals surface area contributed by atoms with Gasteiger partial charge in [0.1, 0.15) is 8.07 Å². The maximum Gasteiger partial charge on any atom is 0.346 e. The van der Waals surface area contributed by atoms with Crippen molar-refractivity contribution in [1.82, 2.24) is 0 Å². The molecule has 1 unspecified atom stereocenters. The molecule has 1 N–H and O–H groups in total. The molecule has 25 heavy (non-hydrogen) atoms. The van der Waals surface area contributed by atoms with E-state index in [1.165, 1.54) is 0 Å². The lowest BCUT2D eigenvalue weighted by Crippen LogP contribution is -2.53. The van der Waals surface area contributed by atoms with E-state index in [1.807, 2.05) is 12.1 Å². The summed E-state index contributed by atoms with van der Waals surface area (Å²) in [4.78, 5) is 35.3. The number of carbonyl (C=O) groups excluding carboxylic acids is 3.